The third kappa shape index (κ3) is 1.94. The molecule has 0 aromatic carbocycles. The first-order chi connectivity index (χ1) is 4.70. The largest absolute Gasteiger partial charge is 0.326 e. The molecule has 60 valence electrons. The van der Waals surface area contributed by atoms with Crippen LogP contribution in [0.3, 0.4) is 0 Å². The number of nitrogens with zero attached hydrogens (tertiary/aromatic N) is 1. The van der Waals surface area contributed by atoms with Gasteiger partial charge in [0.25, 0.3) is 0 Å². The van der Waals surface area contributed by atoms with Gasteiger partial charge in [0.05, 0.1) is 0 Å². The summed E-state index contributed by atoms with van der Waals surface area (Å²) in [6.45, 7) is 2.06. The fraction of sp³-hybridized carbons (Fsp3) is 1.00. The molecule has 3 N–H and O–H groups in total. The monoisotopic (exact) mass is 143 g/mol. The summed E-state index contributed by atoms with van der Waals surface area (Å²) in [5.74, 6) is 0. The second kappa shape index (κ2) is 3.32. The van der Waals surface area contributed by atoms with Crippen LogP contribution in [0.5, 0.6) is 0 Å². The molecule has 1 rings (SSSR count). The zero-order valence-electron chi connectivity index (χ0n) is 6.80. The van der Waals surface area contributed by atoms with Crippen molar-refractivity contribution in [2.24, 2.45) is 5.73 Å². The Hall–Kier alpha value is -0.120. The van der Waals surface area contributed by atoms with Crippen LogP contribution in [0, 0.1) is 0 Å². The Labute approximate surface area is 62.6 Å². The van der Waals surface area contributed by atoms with Crippen molar-refractivity contribution in [2.45, 2.75) is 18.5 Å². The van der Waals surface area contributed by atoms with E-state index in [2.05, 4.69) is 24.3 Å². The minimum absolute atomic E-state index is 0.348. The first-order valence-corrected chi connectivity index (χ1v) is 3.83. The Morgan fingerprint density at radius 2 is 2.10 bits per heavy atom. The van der Waals surface area contributed by atoms with Crippen molar-refractivity contribution in [2.75, 3.05) is 27.2 Å². The third-order valence-electron chi connectivity index (χ3n) is 2.09. The number of rotatable bonds is 1. The summed E-state index contributed by atoms with van der Waals surface area (Å²) in [6, 6.07) is 0.977. The molecule has 3 heteroatoms. The van der Waals surface area contributed by atoms with Gasteiger partial charge in [-0.1, -0.05) is 0 Å². The van der Waals surface area contributed by atoms with Crippen molar-refractivity contribution in [3.63, 3.8) is 0 Å². The van der Waals surface area contributed by atoms with Crippen molar-refractivity contribution in [1.29, 1.82) is 0 Å². The molecule has 1 heterocycles. The van der Waals surface area contributed by atoms with E-state index in [0.717, 1.165) is 19.5 Å². The van der Waals surface area contributed by atoms with E-state index in [9.17, 15) is 0 Å². The van der Waals surface area contributed by atoms with Gasteiger partial charge in [0.1, 0.15) is 0 Å². The molecule has 1 aliphatic heterocycles. The first-order valence-electron chi connectivity index (χ1n) is 3.83. The van der Waals surface area contributed by atoms with Gasteiger partial charge < -0.3 is 16.0 Å². The van der Waals surface area contributed by atoms with Crippen LogP contribution in [-0.2, 0) is 0 Å². The number of hydrogen-bond donors (Lipinski definition) is 2. The topological polar surface area (TPSA) is 41.3 Å². The number of nitrogens with two attached hydrogens (primary N) is 1. The normalized spacial score (nSPS) is 34.8. The lowest BCUT2D eigenvalue weighted by Crippen LogP contribution is -2.51. The van der Waals surface area contributed by atoms with Crippen LogP contribution in [0.15, 0.2) is 0 Å². The SMILES string of the molecule is CN(C)C1CNC[C@H](N)C1. The van der Waals surface area contributed by atoms with Crippen LogP contribution in [0.4, 0.5) is 0 Å². The van der Waals surface area contributed by atoms with Crippen LogP contribution in [-0.4, -0.2) is 44.2 Å². The molecule has 0 radical (unpaired) electrons. The molecule has 0 spiro atoms. The molecule has 0 aliphatic carbocycles. The molecular weight excluding hydrogens is 126 g/mol. The Balaban J connectivity index is 2.32. The summed E-state index contributed by atoms with van der Waals surface area (Å²) < 4.78 is 0. The van der Waals surface area contributed by atoms with E-state index < -0.39 is 0 Å². The van der Waals surface area contributed by atoms with Gasteiger partial charge >= 0.3 is 0 Å². The van der Waals surface area contributed by atoms with Gasteiger partial charge in [-0.05, 0) is 20.5 Å². The maximum Gasteiger partial charge on any atom is 0.0229 e. The van der Waals surface area contributed by atoms with Gasteiger partial charge in [0.15, 0.2) is 0 Å². The van der Waals surface area contributed by atoms with Crippen molar-refractivity contribution in [3.05, 3.63) is 0 Å². The lowest BCUT2D eigenvalue weighted by atomic mass is 10.0. The second-order valence-electron chi connectivity index (χ2n) is 3.27. The summed E-state index contributed by atoms with van der Waals surface area (Å²) in [7, 11) is 4.20. The lowest BCUT2D eigenvalue weighted by Gasteiger charge is -2.32. The van der Waals surface area contributed by atoms with Crippen LogP contribution in [0.25, 0.3) is 0 Å². The van der Waals surface area contributed by atoms with E-state index >= 15 is 0 Å². The predicted molar refractivity (Wildman–Crippen MR) is 42.9 cm³/mol. The highest BCUT2D eigenvalue weighted by molar-refractivity contribution is 4.82. The molecule has 2 atom stereocenters. The van der Waals surface area contributed by atoms with E-state index in [4.69, 9.17) is 5.73 Å². The summed E-state index contributed by atoms with van der Waals surface area (Å²) in [5.41, 5.74) is 5.77. The molecular formula is C7H17N3. The highest BCUT2D eigenvalue weighted by Gasteiger charge is 2.19. The Morgan fingerprint density at radius 1 is 1.40 bits per heavy atom. The standard InChI is InChI=1S/C7H17N3/c1-10(2)7-3-6(8)4-9-5-7/h6-7,9H,3-5,8H2,1-2H3/t6-,7?/m1/s1. The van der Waals surface area contributed by atoms with E-state index in [1.165, 1.54) is 0 Å². The molecule has 0 aromatic rings. The average molecular weight is 143 g/mol. The molecule has 3 nitrogen and oxygen atoms in total. The molecule has 0 amide bonds. The summed E-state index contributed by atoms with van der Waals surface area (Å²) >= 11 is 0. The number of likely N-dealkylation sites (N-methyl/N-ethyl adjacent to an activating group) is 1. The maximum atomic E-state index is 5.77. The Morgan fingerprint density at radius 3 is 2.50 bits per heavy atom. The number of hydrogen-bond acceptors (Lipinski definition) is 3. The van der Waals surface area contributed by atoms with Gasteiger partial charge in [-0.15, -0.1) is 0 Å². The van der Waals surface area contributed by atoms with Crippen LogP contribution in [0.2, 0.25) is 0 Å². The van der Waals surface area contributed by atoms with Crippen molar-refractivity contribution in [1.82, 2.24) is 10.2 Å². The molecule has 10 heavy (non-hydrogen) atoms. The number of nitrogens with one attached hydrogen (secondary N) is 1. The quantitative estimate of drug-likeness (QED) is 0.507. The summed E-state index contributed by atoms with van der Waals surface area (Å²) in [5, 5.41) is 3.30. The summed E-state index contributed by atoms with van der Waals surface area (Å²) in [6.07, 6.45) is 1.12. The minimum atomic E-state index is 0.348. The van der Waals surface area contributed by atoms with E-state index in [1.54, 1.807) is 0 Å². The molecule has 0 bridgehead atoms. The third-order valence-corrected chi connectivity index (χ3v) is 2.09. The fourth-order valence-corrected chi connectivity index (χ4v) is 1.34. The Bertz CT molecular complexity index is 103. The van der Waals surface area contributed by atoms with E-state index in [-0.39, 0.29) is 0 Å². The fourth-order valence-electron chi connectivity index (χ4n) is 1.34. The molecule has 0 aromatic heterocycles. The predicted octanol–water partition coefficient (Wildman–Crippen LogP) is -0.763. The van der Waals surface area contributed by atoms with Crippen molar-refractivity contribution >= 4 is 0 Å². The molecule has 1 aliphatic rings. The minimum Gasteiger partial charge on any atom is -0.326 e. The smallest absolute Gasteiger partial charge is 0.0229 e. The highest BCUT2D eigenvalue weighted by atomic mass is 15.1. The molecule has 1 fully saturated rings. The second-order valence-corrected chi connectivity index (χ2v) is 3.27. The van der Waals surface area contributed by atoms with Gasteiger partial charge in [0, 0.05) is 25.2 Å². The van der Waals surface area contributed by atoms with E-state index in [1.807, 2.05) is 0 Å². The van der Waals surface area contributed by atoms with Crippen LogP contribution in [0.1, 0.15) is 6.42 Å². The molecule has 1 saturated heterocycles. The van der Waals surface area contributed by atoms with E-state index in [0.29, 0.717) is 12.1 Å². The van der Waals surface area contributed by atoms with Gasteiger partial charge in [-0.2, -0.15) is 0 Å². The van der Waals surface area contributed by atoms with Gasteiger partial charge in [-0.3, -0.25) is 0 Å². The highest BCUT2D eigenvalue weighted by Crippen LogP contribution is 2.04. The number of piperidine rings is 1. The first kappa shape index (κ1) is 7.98. The zero-order chi connectivity index (χ0) is 7.56. The van der Waals surface area contributed by atoms with Crippen LogP contribution >= 0.6 is 0 Å². The van der Waals surface area contributed by atoms with Crippen LogP contribution < -0.4 is 11.1 Å². The van der Waals surface area contributed by atoms with Gasteiger partial charge in [-0.25, -0.2) is 0 Å². The molecule has 0 saturated carbocycles. The lowest BCUT2D eigenvalue weighted by molar-refractivity contribution is 0.227. The zero-order valence-corrected chi connectivity index (χ0v) is 6.80. The Kier molecular flexibility index (Phi) is 2.65. The maximum absolute atomic E-state index is 5.77. The van der Waals surface area contributed by atoms with Crippen molar-refractivity contribution in [3.8, 4) is 0 Å². The van der Waals surface area contributed by atoms with Gasteiger partial charge in [0.2, 0.25) is 0 Å². The molecule has 1 unspecified atom stereocenters. The summed E-state index contributed by atoms with van der Waals surface area (Å²) in [4.78, 5) is 2.23. The average Bonchev–Trinajstić information content (AvgIpc) is 1.88. The van der Waals surface area contributed by atoms with Crippen molar-refractivity contribution < 1.29 is 0 Å².